The number of rotatable bonds is 5. The maximum Gasteiger partial charge on any atom is 0.317 e. The molecule has 0 atom stereocenters. The Balaban J connectivity index is 1.25. The van der Waals surface area contributed by atoms with Gasteiger partial charge in [-0.25, -0.2) is 4.98 Å². The first-order valence-electron chi connectivity index (χ1n) is 12.0. The summed E-state index contributed by atoms with van der Waals surface area (Å²) in [4.78, 5) is 21.1. The van der Waals surface area contributed by atoms with E-state index in [1.165, 1.54) is 19.3 Å². The highest BCUT2D eigenvalue weighted by molar-refractivity contribution is 5.90. The van der Waals surface area contributed by atoms with Gasteiger partial charge in [-0.2, -0.15) is 5.26 Å². The van der Waals surface area contributed by atoms with E-state index in [0.717, 1.165) is 35.9 Å². The van der Waals surface area contributed by atoms with E-state index in [1.807, 2.05) is 30.3 Å². The van der Waals surface area contributed by atoms with Gasteiger partial charge in [0.05, 0.1) is 29.1 Å². The van der Waals surface area contributed by atoms with Crippen molar-refractivity contribution in [2.75, 3.05) is 7.11 Å². The van der Waals surface area contributed by atoms with E-state index in [9.17, 15) is 10.1 Å². The molecule has 0 amide bonds. The quantitative estimate of drug-likeness (QED) is 0.302. The summed E-state index contributed by atoms with van der Waals surface area (Å²) in [6.45, 7) is 0. The fourth-order valence-corrected chi connectivity index (χ4v) is 6.83. The second-order valence-corrected chi connectivity index (χ2v) is 10.3. The number of imidazole rings is 1. The Morgan fingerprint density at radius 3 is 2.44 bits per heavy atom. The predicted molar refractivity (Wildman–Crippen MR) is 129 cm³/mol. The molecule has 1 N–H and O–H groups in total. The van der Waals surface area contributed by atoms with Gasteiger partial charge in [0, 0.05) is 0 Å². The van der Waals surface area contributed by atoms with Gasteiger partial charge in [0.1, 0.15) is 11.9 Å². The monoisotopic (exact) mass is 453 g/mol. The Bertz CT molecular complexity index is 1280. The smallest absolute Gasteiger partial charge is 0.317 e. The zero-order valence-corrected chi connectivity index (χ0v) is 19.2. The van der Waals surface area contributed by atoms with E-state index < -0.39 is 0 Å². The second-order valence-electron chi connectivity index (χ2n) is 10.3. The largest absolute Gasteiger partial charge is 0.493 e. The van der Waals surface area contributed by atoms with Crippen LogP contribution in [0.5, 0.6) is 11.5 Å². The number of nitrogens with one attached hydrogen (secondary N) is 1. The number of allylic oxidation sites excluding steroid dienone is 1. The fraction of sp³-hybridized carbons (Fsp3) is 0.393. The number of benzene rings is 2. The molecule has 3 aromatic rings. The summed E-state index contributed by atoms with van der Waals surface area (Å²) in [7, 11) is 1.56. The van der Waals surface area contributed by atoms with Gasteiger partial charge in [-0.15, -0.1) is 0 Å². The number of carbonyl (C=O) groups is 1. The summed E-state index contributed by atoms with van der Waals surface area (Å²) in [5.74, 6) is 3.35. The minimum absolute atomic E-state index is 0.104. The molecular formula is C28H27N3O3. The Labute approximate surface area is 198 Å². The summed E-state index contributed by atoms with van der Waals surface area (Å²) in [6.07, 6.45) is 8.49. The van der Waals surface area contributed by atoms with Crippen molar-refractivity contribution in [3.63, 3.8) is 0 Å². The number of fused-ring (bicyclic) bond motifs is 1. The molecule has 6 nitrogen and oxygen atoms in total. The number of carbonyl (C=O) groups excluding carboxylic acids is 1. The van der Waals surface area contributed by atoms with E-state index in [4.69, 9.17) is 9.47 Å². The predicted octanol–water partition coefficient (Wildman–Crippen LogP) is 5.76. The van der Waals surface area contributed by atoms with E-state index in [2.05, 4.69) is 16.0 Å². The van der Waals surface area contributed by atoms with E-state index >= 15 is 0 Å². The molecule has 2 aromatic carbocycles. The molecule has 34 heavy (non-hydrogen) atoms. The Kier molecular flexibility index (Phi) is 4.95. The summed E-state index contributed by atoms with van der Waals surface area (Å²) in [6, 6.07) is 15.3. The van der Waals surface area contributed by atoms with Crippen LogP contribution in [0.3, 0.4) is 0 Å². The van der Waals surface area contributed by atoms with Crippen LogP contribution in [0, 0.1) is 34.5 Å². The van der Waals surface area contributed by atoms with Crippen molar-refractivity contribution in [2.45, 2.75) is 38.5 Å². The summed E-state index contributed by atoms with van der Waals surface area (Å²) in [5, 5.41) is 9.74. The summed E-state index contributed by atoms with van der Waals surface area (Å²) in [5.41, 5.74) is 2.54. The van der Waals surface area contributed by atoms with Crippen molar-refractivity contribution < 1.29 is 14.3 Å². The number of aromatic nitrogens is 2. The van der Waals surface area contributed by atoms with Gasteiger partial charge < -0.3 is 14.5 Å². The SMILES string of the molecule is COc1cc(/C=C(/C#N)c2nc3ccccc3[nH]2)ccc1OC(=O)C12CC3CC(CC(C3)C1)C2. The van der Waals surface area contributed by atoms with E-state index in [0.29, 0.717) is 40.7 Å². The number of nitriles is 1. The molecule has 6 heteroatoms. The lowest BCUT2D eigenvalue weighted by Gasteiger charge is -2.55. The number of H-pyrrole nitrogens is 1. The number of hydrogen-bond acceptors (Lipinski definition) is 5. The molecule has 1 aromatic heterocycles. The van der Waals surface area contributed by atoms with Crippen LogP contribution in [0.25, 0.3) is 22.7 Å². The Morgan fingerprint density at radius 1 is 1.09 bits per heavy atom. The first-order valence-corrected chi connectivity index (χ1v) is 12.0. The fourth-order valence-electron chi connectivity index (χ4n) is 6.83. The third kappa shape index (κ3) is 3.56. The van der Waals surface area contributed by atoms with E-state index in [1.54, 1.807) is 25.3 Å². The first-order chi connectivity index (χ1) is 16.5. The summed E-state index contributed by atoms with van der Waals surface area (Å²) >= 11 is 0. The molecule has 1 heterocycles. The topological polar surface area (TPSA) is 88.0 Å². The zero-order chi connectivity index (χ0) is 23.3. The second kappa shape index (κ2) is 8.02. The Hall–Kier alpha value is -3.59. The van der Waals surface area contributed by atoms with Crippen molar-refractivity contribution in [3.8, 4) is 17.6 Å². The highest BCUT2D eigenvalue weighted by atomic mass is 16.6. The zero-order valence-electron chi connectivity index (χ0n) is 19.2. The number of hydrogen-bond donors (Lipinski definition) is 1. The standard InChI is InChI=1S/C28H27N3O3/c1-33-25-12-17(11-21(16-29)26-30-22-4-2-3-5-23(22)31-26)6-7-24(25)34-27(32)28-13-18-8-19(14-28)10-20(9-18)15-28/h2-7,11-12,18-20H,8-10,13-15H2,1H3,(H,30,31)/b21-11-. The average molecular weight is 454 g/mol. The molecular weight excluding hydrogens is 426 g/mol. The molecule has 4 saturated carbocycles. The first kappa shape index (κ1) is 21.0. The van der Waals surface area contributed by atoms with Crippen LogP contribution in [-0.2, 0) is 4.79 Å². The lowest BCUT2D eigenvalue weighted by molar-refractivity contribution is -0.161. The molecule has 0 saturated heterocycles. The molecule has 0 spiro atoms. The maximum absolute atomic E-state index is 13.4. The molecule has 4 fully saturated rings. The lowest BCUT2D eigenvalue weighted by atomic mass is 9.49. The minimum Gasteiger partial charge on any atom is -0.493 e. The van der Waals surface area contributed by atoms with Crippen LogP contribution in [0.1, 0.15) is 49.9 Å². The maximum atomic E-state index is 13.4. The molecule has 4 aliphatic carbocycles. The average Bonchev–Trinajstić information content (AvgIpc) is 3.26. The highest BCUT2D eigenvalue weighted by Gasteiger charge is 2.55. The van der Waals surface area contributed by atoms with Gasteiger partial charge in [0.2, 0.25) is 0 Å². The lowest BCUT2D eigenvalue weighted by Crippen LogP contribution is -2.51. The number of esters is 1. The molecule has 4 aliphatic rings. The van der Waals surface area contributed by atoms with Crippen molar-refractivity contribution in [1.29, 1.82) is 5.26 Å². The van der Waals surface area contributed by atoms with Crippen LogP contribution in [0.4, 0.5) is 0 Å². The van der Waals surface area contributed by atoms with Gasteiger partial charge in [-0.05, 0) is 92.2 Å². The van der Waals surface area contributed by atoms with Crippen molar-refractivity contribution >= 4 is 28.7 Å². The van der Waals surface area contributed by atoms with Gasteiger partial charge in [-0.3, -0.25) is 4.79 Å². The highest BCUT2D eigenvalue weighted by Crippen LogP contribution is 2.60. The molecule has 4 bridgehead atoms. The minimum atomic E-state index is -0.326. The van der Waals surface area contributed by atoms with Crippen LogP contribution < -0.4 is 9.47 Å². The van der Waals surface area contributed by atoms with Gasteiger partial charge in [0.25, 0.3) is 0 Å². The number of para-hydroxylation sites is 2. The Morgan fingerprint density at radius 2 is 1.79 bits per heavy atom. The normalized spacial score (nSPS) is 27.5. The molecule has 0 aliphatic heterocycles. The van der Waals surface area contributed by atoms with Crippen LogP contribution in [-0.4, -0.2) is 23.0 Å². The van der Waals surface area contributed by atoms with Gasteiger partial charge in [-0.1, -0.05) is 18.2 Å². The number of ether oxygens (including phenoxy) is 2. The molecule has 172 valence electrons. The van der Waals surface area contributed by atoms with Crippen LogP contribution in [0.2, 0.25) is 0 Å². The van der Waals surface area contributed by atoms with Crippen molar-refractivity contribution in [3.05, 3.63) is 53.9 Å². The number of nitrogens with zero attached hydrogens (tertiary/aromatic N) is 2. The molecule has 0 radical (unpaired) electrons. The van der Waals surface area contributed by atoms with Crippen LogP contribution in [0.15, 0.2) is 42.5 Å². The molecule has 7 rings (SSSR count). The van der Waals surface area contributed by atoms with E-state index in [-0.39, 0.29) is 11.4 Å². The van der Waals surface area contributed by atoms with Gasteiger partial charge in [0.15, 0.2) is 11.5 Å². The summed E-state index contributed by atoms with van der Waals surface area (Å²) < 4.78 is 11.5. The van der Waals surface area contributed by atoms with Crippen molar-refractivity contribution in [1.82, 2.24) is 9.97 Å². The molecule has 0 unspecified atom stereocenters. The number of aromatic amines is 1. The van der Waals surface area contributed by atoms with Gasteiger partial charge >= 0.3 is 5.97 Å². The third-order valence-electron chi connectivity index (χ3n) is 7.94. The van der Waals surface area contributed by atoms with Crippen molar-refractivity contribution in [2.24, 2.45) is 23.2 Å². The van der Waals surface area contributed by atoms with Crippen LogP contribution >= 0.6 is 0 Å². The number of methoxy groups -OCH3 is 1. The third-order valence-corrected chi connectivity index (χ3v) is 7.94.